The van der Waals surface area contributed by atoms with Crippen LogP contribution in [0.2, 0.25) is 0 Å². The Morgan fingerprint density at radius 2 is 1.47 bits per heavy atom. The second kappa shape index (κ2) is 8.42. The molecule has 0 saturated carbocycles. The van der Waals surface area contributed by atoms with Crippen LogP contribution < -0.4 is 4.74 Å². The van der Waals surface area contributed by atoms with E-state index >= 15 is 0 Å². The van der Waals surface area contributed by atoms with Gasteiger partial charge in [0.15, 0.2) is 0 Å². The van der Waals surface area contributed by atoms with Crippen molar-refractivity contribution in [3.8, 4) is 22.8 Å². The van der Waals surface area contributed by atoms with Gasteiger partial charge in [0, 0.05) is 28.1 Å². The van der Waals surface area contributed by atoms with Crippen LogP contribution in [0, 0.1) is 0 Å². The second-order valence-corrected chi connectivity index (χ2v) is 10.8. The molecule has 0 unspecified atom stereocenters. The molecule has 0 amide bonds. The Morgan fingerprint density at radius 3 is 2.29 bits per heavy atom. The summed E-state index contributed by atoms with van der Waals surface area (Å²) in [5, 5.41) is 3.42. The van der Waals surface area contributed by atoms with Gasteiger partial charge >= 0.3 is 0 Å². The number of pyridine rings is 2. The molecule has 0 spiro atoms. The lowest BCUT2D eigenvalue weighted by atomic mass is 9.85. The van der Waals surface area contributed by atoms with E-state index in [-0.39, 0.29) is 5.41 Å². The molecule has 0 atom stereocenters. The number of nitrogens with zero attached hydrogens (tertiary/aromatic N) is 3. The first-order chi connectivity index (χ1) is 18.5. The number of benzene rings is 4. The van der Waals surface area contributed by atoms with Crippen LogP contribution in [0.3, 0.4) is 0 Å². The van der Waals surface area contributed by atoms with Crippen LogP contribution in [-0.2, 0) is 5.41 Å². The maximum absolute atomic E-state index is 6.68. The fraction of sp³-hybridized carbons (Fsp3) is 0.118. The Kier molecular flexibility index (Phi) is 4.98. The van der Waals surface area contributed by atoms with E-state index in [1.807, 2.05) is 30.5 Å². The molecule has 38 heavy (non-hydrogen) atoms. The summed E-state index contributed by atoms with van der Waals surface area (Å²) in [6.45, 7) is 6.63. The van der Waals surface area contributed by atoms with Crippen molar-refractivity contribution in [2.24, 2.45) is 0 Å². The summed E-state index contributed by atoms with van der Waals surface area (Å²) in [4.78, 5) is 9.60. The Bertz CT molecular complexity index is 1980. The van der Waals surface area contributed by atoms with Gasteiger partial charge in [-0.05, 0) is 65.4 Å². The van der Waals surface area contributed by atoms with E-state index in [4.69, 9.17) is 9.72 Å². The Hall–Kier alpha value is -4.70. The van der Waals surface area contributed by atoms with Crippen molar-refractivity contribution in [1.82, 2.24) is 14.4 Å². The highest BCUT2D eigenvalue weighted by Gasteiger charge is 2.21. The topological polar surface area (TPSA) is 39.4 Å². The van der Waals surface area contributed by atoms with Crippen molar-refractivity contribution < 1.29 is 4.74 Å². The third-order valence-corrected chi connectivity index (χ3v) is 7.21. The van der Waals surface area contributed by atoms with E-state index in [1.54, 1.807) is 0 Å². The molecular weight excluding hydrogens is 466 g/mol. The summed E-state index contributed by atoms with van der Waals surface area (Å²) >= 11 is 0. The van der Waals surface area contributed by atoms with Gasteiger partial charge in [-0.25, -0.2) is 4.98 Å². The molecule has 184 valence electrons. The number of ether oxygens (including phenoxy) is 1. The molecule has 7 rings (SSSR count). The fourth-order valence-electron chi connectivity index (χ4n) is 5.40. The lowest BCUT2D eigenvalue weighted by molar-refractivity contribution is 0.456. The molecule has 3 aromatic heterocycles. The molecular formula is C34H27N3O. The van der Waals surface area contributed by atoms with Gasteiger partial charge in [0.2, 0.25) is 0 Å². The molecule has 0 aliphatic rings. The molecule has 4 nitrogen and oxygen atoms in total. The van der Waals surface area contributed by atoms with Crippen LogP contribution in [-0.4, -0.2) is 14.4 Å². The maximum Gasteiger partial charge on any atom is 0.146 e. The standard InChI is InChI=1S/C34H27N3O/c1-34(2,3)27-18-15-22(28-11-8-9-19-35-28)20-32(27)38-23-16-17-24-25-10-4-6-13-30(25)37-31-14-7-5-12-29(31)36-33(37)26(24)21-23/h4-21H,1-3H3. The summed E-state index contributed by atoms with van der Waals surface area (Å²) in [5.74, 6) is 1.62. The summed E-state index contributed by atoms with van der Waals surface area (Å²) < 4.78 is 8.94. The van der Waals surface area contributed by atoms with Gasteiger partial charge in [-0.2, -0.15) is 0 Å². The largest absolute Gasteiger partial charge is 0.457 e. The SMILES string of the molecule is CC(C)(C)c1ccc(-c2ccccn2)cc1Oc1ccc2c3ccccc3n3c4ccccc4nc3c2c1. The minimum Gasteiger partial charge on any atom is -0.457 e. The first kappa shape index (κ1) is 22.5. The van der Waals surface area contributed by atoms with Gasteiger partial charge in [-0.15, -0.1) is 0 Å². The maximum atomic E-state index is 6.68. The third kappa shape index (κ3) is 3.60. The van der Waals surface area contributed by atoms with Gasteiger partial charge in [0.05, 0.1) is 22.2 Å². The number of imidazole rings is 1. The Morgan fingerprint density at radius 1 is 0.684 bits per heavy atom. The smallest absolute Gasteiger partial charge is 0.146 e. The average molecular weight is 494 g/mol. The Labute approximate surface area is 221 Å². The lowest BCUT2D eigenvalue weighted by Crippen LogP contribution is -2.12. The number of aromatic nitrogens is 3. The van der Waals surface area contributed by atoms with Crippen LogP contribution in [0.5, 0.6) is 11.5 Å². The van der Waals surface area contributed by atoms with Crippen LogP contribution in [0.15, 0.2) is 109 Å². The first-order valence-electron chi connectivity index (χ1n) is 12.9. The highest BCUT2D eigenvalue weighted by atomic mass is 16.5. The molecule has 0 bridgehead atoms. The van der Waals surface area contributed by atoms with Crippen molar-refractivity contribution in [3.05, 3.63) is 115 Å². The van der Waals surface area contributed by atoms with Crippen LogP contribution in [0.25, 0.3) is 49.6 Å². The number of hydrogen-bond acceptors (Lipinski definition) is 3. The summed E-state index contributed by atoms with van der Waals surface area (Å²) in [6.07, 6.45) is 1.82. The molecule has 3 heterocycles. The monoisotopic (exact) mass is 493 g/mol. The highest BCUT2D eigenvalue weighted by Crippen LogP contribution is 2.39. The van der Waals surface area contributed by atoms with Gasteiger partial charge in [0.1, 0.15) is 17.1 Å². The summed E-state index contributed by atoms with van der Waals surface area (Å²) in [6, 6.07) is 35.5. The van der Waals surface area contributed by atoms with E-state index in [1.165, 1.54) is 5.39 Å². The predicted octanol–water partition coefficient (Wildman–Crippen LogP) is 8.95. The zero-order chi connectivity index (χ0) is 25.9. The fourth-order valence-corrected chi connectivity index (χ4v) is 5.40. The number of rotatable bonds is 3. The van der Waals surface area contributed by atoms with Gasteiger partial charge in [-0.1, -0.05) is 69.3 Å². The average Bonchev–Trinajstić information content (AvgIpc) is 3.33. The minimum absolute atomic E-state index is 0.0842. The van der Waals surface area contributed by atoms with Crippen LogP contribution >= 0.6 is 0 Å². The number of fused-ring (bicyclic) bond motifs is 8. The zero-order valence-corrected chi connectivity index (χ0v) is 21.6. The minimum atomic E-state index is -0.0842. The van der Waals surface area contributed by atoms with E-state index in [0.717, 1.165) is 61.3 Å². The molecule has 0 fully saturated rings. The van der Waals surface area contributed by atoms with Gasteiger partial charge in [-0.3, -0.25) is 9.38 Å². The predicted molar refractivity (Wildman–Crippen MR) is 156 cm³/mol. The number of para-hydroxylation sites is 3. The molecule has 0 aliphatic carbocycles. The van der Waals surface area contributed by atoms with Crippen molar-refractivity contribution in [2.45, 2.75) is 26.2 Å². The molecule has 4 heteroatoms. The zero-order valence-electron chi connectivity index (χ0n) is 21.6. The quantitative estimate of drug-likeness (QED) is 0.231. The van der Waals surface area contributed by atoms with E-state index in [0.29, 0.717) is 0 Å². The summed E-state index contributed by atoms with van der Waals surface area (Å²) in [5.41, 5.74) is 7.18. The highest BCUT2D eigenvalue weighted by molar-refractivity contribution is 6.14. The van der Waals surface area contributed by atoms with E-state index in [9.17, 15) is 0 Å². The molecule has 0 N–H and O–H groups in total. The van der Waals surface area contributed by atoms with Gasteiger partial charge in [0.25, 0.3) is 0 Å². The van der Waals surface area contributed by atoms with Crippen molar-refractivity contribution in [3.63, 3.8) is 0 Å². The normalized spacial score (nSPS) is 12.1. The molecule has 4 aromatic carbocycles. The van der Waals surface area contributed by atoms with Crippen molar-refractivity contribution in [1.29, 1.82) is 0 Å². The molecule has 0 saturated heterocycles. The van der Waals surface area contributed by atoms with Crippen LogP contribution in [0.1, 0.15) is 26.3 Å². The van der Waals surface area contributed by atoms with Crippen LogP contribution in [0.4, 0.5) is 0 Å². The third-order valence-electron chi connectivity index (χ3n) is 7.21. The Balaban J connectivity index is 1.45. The molecule has 7 aromatic rings. The van der Waals surface area contributed by atoms with E-state index in [2.05, 4.69) is 109 Å². The first-order valence-corrected chi connectivity index (χ1v) is 12.9. The van der Waals surface area contributed by atoms with Crippen molar-refractivity contribution in [2.75, 3.05) is 0 Å². The second-order valence-electron chi connectivity index (χ2n) is 10.8. The number of hydrogen-bond donors (Lipinski definition) is 0. The van der Waals surface area contributed by atoms with E-state index < -0.39 is 0 Å². The van der Waals surface area contributed by atoms with Crippen molar-refractivity contribution >= 4 is 38.4 Å². The summed E-state index contributed by atoms with van der Waals surface area (Å²) in [7, 11) is 0. The lowest BCUT2D eigenvalue weighted by Gasteiger charge is -2.23. The van der Waals surface area contributed by atoms with Gasteiger partial charge < -0.3 is 4.74 Å². The molecule has 0 radical (unpaired) electrons. The molecule has 0 aliphatic heterocycles.